The number of nitrogens with zero attached hydrogens (tertiary/aromatic N) is 6. The lowest BCUT2D eigenvalue weighted by atomic mass is 10.1. The topological polar surface area (TPSA) is 59.7 Å². The number of benzene rings is 5. The van der Waals surface area contributed by atoms with Crippen molar-refractivity contribution in [1.82, 2.24) is 24.5 Å². The number of pyridine rings is 3. The van der Waals surface area contributed by atoms with Crippen LogP contribution in [0.5, 0.6) is 0 Å². The summed E-state index contributed by atoms with van der Waals surface area (Å²) >= 11 is 0. The van der Waals surface area contributed by atoms with Crippen LogP contribution in [-0.4, -0.2) is 24.5 Å². The lowest BCUT2D eigenvalue weighted by molar-refractivity contribution is 1.08. The van der Waals surface area contributed by atoms with Gasteiger partial charge in [-0.25, -0.2) is 4.98 Å². The zero-order valence-corrected chi connectivity index (χ0v) is 28.2. The van der Waals surface area contributed by atoms with Gasteiger partial charge in [0.15, 0.2) is 5.82 Å². The van der Waals surface area contributed by atoms with Crippen molar-refractivity contribution < 1.29 is 0 Å². The third-order valence-electron chi connectivity index (χ3n) is 9.17. The molecule has 0 amide bonds. The van der Waals surface area contributed by atoms with Gasteiger partial charge in [-0.1, -0.05) is 91.0 Å². The summed E-state index contributed by atoms with van der Waals surface area (Å²) < 4.78 is 2.16. The van der Waals surface area contributed by atoms with Crippen LogP contribution in [0.1, 0.15) is 0 Å². The number of anilines is 3. The predicted molar refractivity (Wildman–Crippen MR) is 211 cm³/mol. The molecule has 0 aliphatic rings. The van der Waals surface area contributed by atoms with Crippen LogP contribution in [0.2, 0.25) is 0 Å². The van der Waals surface area contributed by atoms with E-state index in [1.54, 1.807) is 0 Å². The molecule has 4 aromatic heterocycles. The van der Waals surface area contributed by atoms with E-state index in [2.05, 4.69) is 125 Å². The maximum Gasteiger partial charge on any atom is 0.164 e. The minimum atomic E-state index is 0.797. The standard InChI is InChI=1S/C46H32N6/c1-4-12-37(13-5-1)51(38-14-6-2-7-15-38)40-25-20-33(21-26-40)41-27-22-34(30-47-41)35-23-28-42(48-31-35)36-24-29-44(49-32-36)46-50-43-18-10-11-19-45(43)52(46)39-16-8-3-9-17-39/h1-32H. The van der Waals surface area contributed by atoms with E-state index in [9.17, 15) is 0 Å². The fourth-order valence-corrected chi connectivity index (χ4v) is 6.57. The molecule has 0 aliphatic carbocycles. The zero-order chi connectivity index (χ0) is 34.7. The third kappa shape index (κ3) is 5.99. The van der Waals surface area contributed by atoms with Gasteiger partial charge < -0.3 is 4.90 Å². The van der Waals surface area contributed by atoms with Crippen molar-refractivity contribution in [2.24, 2.45) is 0 Å². The minimum Gasteiger partial charge on any atom is -0.311 e. The Morgan fingerprint density at radius 1 is 0.365 bits per heavy atom. The van der Waals surface area contributed by atoms with Crippen LogP contribution in [0.15, 0.2) is 195 Å². The van der Waals surface area contributed by atoms with Crippen LogP contribution >= 0.6 is 0 Å². The average Bonchev–Trinajstić information content (AvgIpc) is 3.62. The fourth-order valence-electron chi connectivity index (χ4n) is 6.57. The van der Waals surface area contributed by atoms with Gasteiger partial charge in [0.1, 0.15) is 5.69 Å². The van der Waals surface area contributed by atoms with E-state index in [1.807, 2.05) is 79.3 Å². The number of aromatic nitrogens is 5. The number of hydrogen-bond acceptors (Lipinski definition) is 5. The Morgan fingerprint density at radius 2 is 0.827 bits per heavy atom. The van der Waals surface area contributed by atoms with Gasteiger partial charge in [-0.15, -0.1) is 0 Å². The van der Waals surface area contributed by atoms with E-state index < -0.39 is 0 Å². The maximum absolute atomic E-state index is 4.94. The zero-order valence-electron chi connectivity index (χ0n) is 28.2. The minimum absolute atomic E-state index is 0.797. The molecule has 0 saturated heterocycles. The molecule has 246 valence electrons. The first-order chi connectivity index (χ1) is 25.8. The van der Waals surface area contributed by atoms with Gasteiger partial charge in [0.2, 0.25) is 0 Å². The fraction of sp³-hybridized carbons (Fsp3) is 0. The highest BCUT2D eigenvalue weighted by atomic mass is 15.1. The summed E-state index contributed by atoms with van der Waals surface area (Å²) in [5, 5.41) is 0. The van der Waals surface area contributed by atoms with Gasteiger partial charge in [-0.2, -0.15) is 0 Å². The third-order valence-corrected chi connectivity index (χ3v) is 9.17. The van der Waals surface area contributed by atoms with Crippen LogP contribution in [0.4, 0.5) is 17.1 Å². The Labute approximate surface area is 302 Å². The van der Waals surface area contributed by atoms with E-state index in [0.29, 0.717) is 0 Å². The molecule has 0 N–H and O–H groups in total. The molecule has 0 saturated carbocycles. The molecule has 0 fully saturated rings. The summed E-state index contributed by atoms with van der Waals surface area (Å²) in [7, 11) is 0. The molecule has 52 heavy (non-hydrogen) atoms. The van der Waals surface area contributed by atoms with Gasteiger partial charge in [0.05, 0.1) is 22.4 Å². The van der Waals surface area contributed by atoms with Crippen LogP contribution in [0.25, 0.3) is 61.9 Å². The monoisotopic (exact) mass is 668 g/mol. The smallest absolute Gasteiger partial charge is 0.164 e. The Bertz CT molecular complexity index is 2530. The van der Waals surface area contributed by atoms with Crippen molar-refractivity contribution in [3.8, 4) is 50.8 Å². The highest BCUT2D eigenvalue weighted by Gasteiger charge is 2.16. The van der Waals surface area contributed by atoms with Crippen molar-refractivity contribution in [3.05, 3.63) is 195 Å². The van der Waals surface area contributed by atoms with Crippen LogP contribution in [0.3, 0.4) is 0 Å². The molecule has 0 unspecified atom stereocenters. The molecule has 4 heterocycles. The summed E-state index contributed by atoms with van der Waals surface area (Å²) in [5.41, 5.74) is 12.9. The molecule has 0 aliphatic heterocycles. The van der Waals surface area contributed by atoms with Gasteiger partial charge in [-0.3, -0.25) is 19.5 Å². The lowest BCUT2D eigenvalue weighted by Crippen LogP contribution is -2.09. The van der Waals surface area contributed by atoms with Crippen molar-refractivity contribution in [3.63, 3.8) is 0 Å². The number of hydrogen-bond donors (Lipinski definition) is 0. The van der Waals surface area contributed by atoms with Gasteiger partial charge in [0.25, 0.3) is 0 Å². The van der Waals surface area contributed by atoms with Gasteiger partial charge in [0, 0.05) is 63.6 Å². The van der Waals surface area contributed by atoms with E-state index in [-0.39, 0.29) is 0 Å². The Kier molecular flexibility index (Phi) is 8.08. The number of imidazole rings is 1. The number of para-hydroxylation sites is 5. The molecule has 6 heteroatoms. The molecule has 0 spiro atoms. The predicted octanol–water partition coefficient (Wildman–Crippen LogP) is 11.3. The maximum atomic E-state index is 4.94. The van der Waals surface area contributed by atoms with Crippen molar-refractivity contribution >= 4 is 28.1 Å². The summed E-state index contributed by atoms with van der Waals surface area (Å²) in [5.74, 6) is 0.801. The van der Waals surface area contributed by atoms with Gasteiger partial charge >= 0.3 is 0 Å². The SMILES string of the molecule is c1ccc(N(c2ccccc2)c2ccc(-c3ccc(-c4ccc(-c5ccc(-c6nc7ccccc7n6-c6ccccc6)nc5)nc4)cn3)cc2)cc1. The van der Waals surface area contributed by atoms with E-state index in [4.69, 9.17) is 19.9 Å². The van der Waals surface area contributed by atoms with Crippen molar-refractivity contribution in [1.29, 1.82) is 0 Å². The highest BCUT2D eigenvalue weighted by molar-refractivity contribution is 5.83. The first-order valence-corrected chi connectivity index (χ1v) is 17.2. The quantitative estimate of drug-likeness (QED) is 0.161. The summed E-state index contributed by atoms with van der Waals surface area (Å²) in [6.07, 6.45) is 5.67. The summed E-state index contributed by atoms with van der Waals surface area (Å²) in [6, 6.07) is 60.2. The second-order valence-electron chi connectivity index (χ2n) is 12.4. The molecular weight excluding hydrogens is 637 g/mol. The van der Waals surface area contributed by atoms with E-state index in [0.717, 1.165) is 78.9 Å². The van der Waals surface area contributed by atoms with Crippen molar-refractivity contribution in [2.45, 2.75) is 0 Å². The summed E-state index contributed by atoms with van der Waals surface area (Å²) in [6.45, 7) is 0. The highest BCUT2D eigenvalue weighted by Crippen LogP contribution is 2.35. The Morgan fingerprint density at radius 3 is 1.40 bits per heavy atom. The second-order valence-corrected chi connectivity index (χ2v) is 12.4. The molecule has 0 atom stereocenters. The molecule has 0 radical (unpaired) electrons. The molecule has 9 rings (SSSR count). The second kappa shape index (κ2) is 13.6. The van der Waals surface area contributed by atoms with Crippen LogP contribution in [-0.2, 0) is 0 Å². The number of rotatable bonds is 8. The Balaban J connectivity index is 0.928. The average molecular weight is 669 g/mol. The van der Waals surface area contributed by atoms with E-state index >= 15 is 0 Å². The molecule has 9 aromatic rings. The van der Waals surface area contributed by atoms with E-state index in [1.165, 1.54) is 0 Å². The molecule has 0 bridgehead atoms. The van der Waals surface area contributed by atoms with Crippen LogP contribution < -0.4 is 4.90 Å². The largest absolute Gasteiger partial charge is 0.311 e. The normalized spacial score (nSPS) is 11.1. The molecule has 6 nitrogen and oxygen atoms in total. The first-order valence-electron chi connectivity index (χ1n) is 17.2. The van der Waals surface area contributed by atoms with Crippen molar-refractivity contribution in [2.75, 3.05) is 4.90 Å². The molecule has 5 aromatic carbocycles. The summed E-state index contributed by atoms with van der Waals surface area (Å²) in [4.78, 5) is 21.6. The number of fused-ring (bicyclic) bond motifs is 1. The lowest BCUT2D eigenvalue weighted by Gasteiger charge is -2.25. The van der Waals surface area contributed by atoms with Gasteiger partial charge in [-0.05, 0) is 84.9 Å². The molecular formula is C46H32N6. The Hall–Kier alpha value is -7.18. The first kappa shape index (κ1) is 30.8. The van der Waals surface area contributed by atoms with Crippen LogP contribution in [0, 0.1) is 0 Å².